The summed E-state index contributed by atoms with van der Waals surface area (Å²) in [5, 5.41) is 6.37. The molecule has 0 aliphatic carbocycles. The van der Waals surface area contributed by atoms with Gasteiger partial charge in [0.25, 0.3) is 10.0 Å². The number of thiophene rings is 1. The van der Waals surface area contributed by atoms with Crippen molar-refractivity contribution in [1.82, 2.24) is 15.0 Å². The summed E-state index contributed by atoms with van der Waals surface area (Å²) >= 11 is 1.57. The van der Waals surface area contributed by atoms with Crippen LogP contribution in [-0.4, -0.2) is 23.4 Å². The number of hydrogen-bond acceptors (Lipinski definition) is 7. The predicted molar refractivity (Wildman–Crippen MR) is 137 cm³/mol. The predicted octanol–water partition coefficient (Wildman–Crippen LogP) is 5.91. The molecular formula is C25H21N5O2S2. The van der Waals surface area contributed by atoms with Gasteiger partial charge in [-0.25, -0.2) is 23.4 Å². The van der Waals surface area contributed by atoms with Crippen LogP contribution in [0.3, 0.4) is 0 Å². The first kappa shape index (κ1) is 22.0. The maximum Gasteiger partial charge on any atom is 0.263 e. The first-order chi connectivity index (χ1) is 16.4. The Labute approximate surface area is 201 Å². The Morgan fingerprint density at radius 3 is 2.44 bits per heavy atom. The summed E-state index contributed by atoms with van der Waals surface area (Å²) in [7, 11) is -3.74. The summed E-state index contributed by atoms with van der Waals surface area (Å²) < 4.78 is 27.8. The van der Waals surface area contributed by atoms with E-state index in [-0.39, 0.29) is 10.7 Å². The lowest BCUT2D eigenvalue weighted by molar-refractivity contribution is 0.601. The molecule has 2 aromatic carbocycles. The van der Waals surface area contributed by atoms with Gasteiger partial charge in [0.1, 0.15) is 22.8 Å². The van der Waals surface area contributed by atoms with Crippen molar-refractivity contribution in [3.05, 3.63) is 89.7 Å². The maximum absolute atomic E-state index is 12.7. The second-order valence-electron chi connectivity index (χ2n) is 7.84. The van der Waals surface area contributed by atoms with Crippen molar-refractivity contribution >= 4 is 48.9 Å². The number of sulfonamides is 1. The lowest BCUT2D eigenvalue weighted by atomic mass is 9.99. The molecule has 0 saturated heterocycles. The van der Waals surface area contributed by atoms with Gasteiger partial charge in [0.2, 0.25) is 0 Å². The number of benzene rings is 2. The normalized spacial score (nSPS) is 11.5. The quantitative estimate of drug-likeness (QED) is 0.309. The van der Waals surface area contributed by atoms with Crippen LogP contribution in [0.25, 0.3) is 21.3 Å². The lowest BCUT2D eigenvalue weighted by Crippen LogP contribution is -2.13. The number of aryl methyl sites for hydroxylation is 2. The fraction of sp³-hybridized carbons (Fsp3) is 0.0800. The molecule has 0 radical (unpaired) electrons. The van der Waals surface area contributed by atoms with E-state index in [4.69, 9.17) is 0 Å². The largest absolute Gasteiger partial charge is 0.340 e. The van der Waals surface area contributed by atoms with E-state index in [1.54, 1.807) is 53.8 Å². The second-order valence-corrected chi connectivity index (χ2v) is 10.4. The van der Waals surface area contributed by atoms with Crippen molar-refractivity contribution in [3.63, 3.8) is 0 Å². The molecule has 0 atom stereocenters. The SMILES string of the molecule is Cc1ccc(-c2csc3ncnc(Nc4ccc(S(=O)(=O)Nc5ccccn5)cc4)c23)c(C)c1. The van der Waals surface area contributed by atoms with Crippen molar-refractivity contribution < 1.29 is 8.42 Å². The first-order valence-corrected chi connectivity index (χ1v) is 12.9. The molecule has 3 aromatic heterocycles. The molecular weight excluding hydrogens is 466 g/mol. The number of aromatic nitrogens is 3. The number of nitrogens with zero attached hydrogens (tertiary/aromatic N) is 3. The molecule has 0 fully saturated rings. The summed E-state index contributed by atoms with van der Waals surface area (Å²) in [6, 6.07) is 17.9. The van der Waals surface area contributed by atoms with Crippen molar-refractivity contribution in [1.29, 1.82) is 0 Å². The zero-order valence-electron chi connectivity index (χ0n) is 18.5. The van der Waals surface area contributed by atoms with E-state index in [1.165, 1.54) is 23.7 Å². The van der Waals surface area contributed by atoms with Gasteiger partial charge in [0.15, 0.2) is 0 Å². The lowest BCUT2D eigenvalue weighted by Gasteiger charge is -2.11. The highest BCUT2D eigenvalue weighted by Gasteiger charge is 2.17. The number of pyridine rings is 1. The molecule has 0 aliphatic rings. The first-order valence-electron chi connectivity index (χ1n) is 10.5. The van der Waals surface area contributed by atoms with Crippen LogP contribution >= 0.6 is 11.3 Å². The van der Waals surface area contributed by atoms with Gasteiger partial charge < -0.3 is 5.32 Å². The van der Waals surface area contributed by atoms with Crippen LogP contribution in [0.1, 0.15) is 11.1 Å². The summed E-state index contributed by atoms with van der Waals surface area (Å²) in [5.41, 5.74) is 5.32. The van der Waals surface area contributed by atoms with Crippen molar-refractivity contribution in [2.75, 3.05) is 10.0 Å². The van der Waals surface area contributed by atoms with Crippen LogP contribution in [0.4, 0.5) is 17.3 Å². The fourth-order valence-corrected chi connectivity index (χ4v) is 5.67. The molecule has 7 nitrogen and oxygen atoms in total. The van der Waals surface area contributed by atoms with Gasteiger partial charge in [-0.15, -0.1) is 11.3 Å². The molecule has 0 bridgehead atoms. The highest BCUT2D eigenvalue weighted by molar-refractivity contribution is 7.92. The van der Waals surface area contributed by atoms with Gasteiger partial charge in [-0.05, 0) is 61.4 Å². The highest BCUT2D eigenvalue weighted by atomic mass is 32.2. The standard InChI is InChI=1S/C25H21N5O2S2/c1-16-6-11-20(17(2)13-16)21-14-33-25-23(21)24(27-15-28-25)29-18-7-9-19(10-8-18)34(31,32)30-22-5-3-4-12-26-22/h3-15H,1-2H3,(H,26,30)(H,27,28,29). The monoisotopic (exact) mass is 487 g/mol. The van der Waals surface area contributed by atoms with Crippen molar-refractivity contribution in [2.45, 2.75) is 18.7 Å². The van der Waals surface area contributed by atoms with Crippen LogP contribution in [0.15, 0.2) is 83.5 Å². The van der Waals surface area contributed by atoms with E-state index >= 15 is 0 Å². The van der Waals surface area contributed by atoms with Gasteiger partial charge in [-0.1, -0.05) is 29.8 Å². The van der Waals surface area contributed by atoms with Gasteiger partial charge in [0, 0.05) is 22.8 Å². The van der Waals surface area contributed by atoms with E-state index in [2.05, 4.69) is 62.4 Å². The van der Waals surface area contributed by atoms with Gasteiger partial charge >= 0.3 is 0 Å². The highest BCUT2D eigenvalue weighted by Crippen LogP contribution is 2.38. The third-order valence-corrected chi connectivity index (χ3v) is 7.63. The molecule has 0 saturated carbocycles. The van der Waals surface area contributed by atoms with Crippen molar-refractivity contribution in [2.24, 2.45) is 0 Å². The van der Waals surface area contributed by atoms with Crippen LogP contribution < -0.4 is 10.0 Å². The summed E-state index contributed by atoms with van der Waals surface area (Å²) in [6.07, 6.45) is 3.06. The average molecular weight is 488 g/mol. The maximum atomic E-state index is 12.7. The smallest absolute Gasteiger partial charge is 0.263 e. The molecule has 2 N–H and O–H groups in total. The Kier molecular flexibility index (Phi) is 5.72. The van der Waals surface area contributed by atoms with Crippen molar-refractivity contribution in [3.8, 4) is 11.1 Å². The van der Waals surface area contributed by atoms with E-state index < -0.39 is 10.0 Å². The molecule has 0 aliphatic heterocycles. The molecule has 5 aromatic rings. The molecule has 0 amide bonds. The molecule has 9 heteroatoms. The third-order valence-electron chi connectivity index (χ3n) is 5.37. The minimum absolute atomic E-state index is 0.142. The number of nitrogens with one attached hydrogen (secondary N) is 2. The molecule has 170 valence electrons. The third kappa shape index (κ3) is 4.35. The number of hydrogen-bond donors (Lipinski definition) is 2. The van der Waals surface area contributed by atoms with Crippen LogP contribution in [0.2, 0.25) is 0 Å². The summed E-state index contributed by atoms with van der Waals surface area (Å²) in [4.78, 5) is 14.0. The Balaban J connectivity index is 1.45. The Bertz CT molecular complexity index is 1580. The number of fused-ring (bicyclic) bond motifs is 1. The fourth-order valence-electron chi connectivity index (χ4n) is 3.76. The van der Waals surface area contributed by atoms with Crippen LogP contribution in [0, 0.1) is 13.8 Å². The Hall–Kier alpha value is -3.82. The zero-order chi connectivity index (χ0) is 23.7. The summed E-state index contributed by atoms with van der Waals surface area (Å²) in [6.45, 7) is 4.18. The van der Waals surface area contributed by atoms with E-state index in [0.29, 0.717) is 5.82 Å². The minimum atomic E-state index is -3.74. The topological polar surface area (TPSA) is 96.9 Å². The van der Waals surface area contributed by atoms with E-state index in [1.807, 2.05) is 0 Å². The van der Waals surface area contributed by atoms with Gasteiger partial charge in [-0.3, -0.25) is 4.72 Å². The molecule has 0 unspecified atom stereocenters. The molecule has 0 spiro atoms. The Morgan fingerprint density at radius 2 is 1.71 bits per heavy atom. The number of rotatable bonds is 6. The van der Waals surface area contributed by atoms with Gasteiger partial charge in [0.05, 0.1) is 10.3 Å². The summed E-state index contributed by atoms with van der Waals surface area (Å²) in [5.74, 6) is 0.938. The average Bonchev–Trinajstić information content (AvgIpc) is 3.25. The minimum Gasteiger partial charge on any atom is -0.340 e. The zero-order valence-corrected chi connectivity index (χ0v) is 20.1. The van der Waals surface area contributed by atoms with Crippen LogP contribution in [-0.2, 0) is 10.0 Å². The molecule has 34 heavy (non-hydrogen) atoms. The molecule has 5 rings (SSSR count). The Morgan fingerprint density at radius 1 is 0.882 bits per heavy atom. The van der Waals surface area contributed by atoms with E-state index in [9.17, 15) is 8.42 Å². The molecule has 3 heterocycles. The second kappa shape index (κ2) is 8.85. The number of anilines is 3. The van der Waals surface area contributed by atoms with Gasteiger partial charge in [-0.2, -0.15) is 0 Å². The van der Waals surface area contributed by atoms with E-state index in [0.717, 1.165) is 27.0 Å². The van der Waals surface area contributed by atoms with Crippen LogP contribution in [0.5, 0.6) is 0 Å².